The van der Waals surface area contributed by atoms with Gasteiger partial charge in [0.1, 0.15) is 24.4 Å². The molecule has 3 N–H and O–H groups in total. The van der Waals surface area contributed by atoms with Gasteiger partial charge in [-0.3, -0.25) is 0 Å². The van der Waals surface area contributed by atoms with E-state index in [0.717, 1.165) is 5.56 Å². The van der Waals surface area contributed by atoms with Gasteiger partial charge in [-0.15, -0.1) is 0 Å². The highest BCUT2D eigenvalue weighted by Crippen LogP contribution is 2.39. The van der Waals surface area contributed by atoms with Crippen LogP contribution in [0.2, 0.25) is 0 Å². The molecule has 2 aliphatic rings. The number of aliphatic hydroxyl groups excluding tert-OH is 3. The fourth-order valence-electron chi connectivity index (χ4n) is 2.40. The van der Waals surface area contributed by atoms with Gasteiger partial charge in [0.2, 0.25) is 0 Å². The van der Waals surface area contributed by atoms with E-state index in [1.54, 1.807) is 0 Å². The van der Waals surface area contributed by atoms with Gasteiger partial charge < -0.3 is 29.5 Å². The molecule has 104 valence electrons. The number of benzene rings is 1. The molecule has 0 radical (unpaired) electrons. The van der Waals surface area contributed by atoms with Gasteiger partial charge in [0, 0.05) is 5.56 Å². The van der Waals surface area contributed by atoms with Crippen LogP contribution >= 0.6 is 0 Å². The Hall–Kier alpha value is -1.02. The van der Waals surface area contributed by atoms with Gasteiger partial charge in [0.05, 0.1) is 6.61 Å². The second-order valence-electron chi connectivity index (χ2n) is 4.69. The van der Waals surface area contributed by atoms with Crippen molar-refractivity contribution >= 4 is 0 Å². The Morgan fingerprint density at radius 2 is 1.84 bits per heavy atom. The van der Waals surface area contributed by atoms with Gasteiger partial charge in [-0.1, -0.05) is 30.3 Å². The molecule has 0 spiro atoms. The van der Waals surface area contributed by atoms with E-state index in [2.05, 4.69) is 0 Å². The van der Waals surface area contributed by atoms with Crippen LogP contribution in [-0.4, -0.2) is 52.6 Å². The Bertz CT molecular complexity index is 424. The molecule has 2 fully saturated rings. The summed E-state index contributed by atoms with van der Waals surface area (Å²) in [5, 5.41) is 28.4. The smallest absolute Gasteiger partial charge is 0.190 e. The fraction of sp³-hybridized carbons (Fsp3) is 0.538. The third kappa shape index (κ3) is 2.27. The first-order valence-electron chi connectivity index (χ1n) is 6.19. The summed E-state index contributed by atoms with van der Waals surface area (Å²) in [6.07, 6.45) is -5.04. The van der Waals surface area contributed by atoms with E-state index in [0.29, 0.717) is 0 Å². The molecule has 1 aromatic rings. The lowest BCUT2D eigenvalue weighted by molar-refractivity contribution is -0.191. The standard InChI is InChI=1S/C13H16O6/c14-6-8(15)10-9(16)11-13(17-10)19-12(18-11)7-4-2-1-3-5-7/h1-5,8-16H,6H2/t8-,9-,10+,11+,12-,13+/m0/s1. The third-order valence-corrected chi connectivity index (χ3v) is 3.41. The van der Waals surface area contributed by atoms with Gasteiger partial charge in [0.15, 0.2) is 12.6 Å². The van der Waals surface area contributed by atoms with Crippen LogP contribution in [0, 0.1) is 0 Å². The summed E-state index contributed by atoms with van der Waals surface area (Å²) in [6.45, 7) is -0.483. The Kier molecular flexibility index (Phi) is 3.53. The average Bonchev–Trinajstić information content (AvgIpc) is 2.99. The van der Waals surface area contributed by atoms with Crippen molar-refractivity contribution < 1.29 is 29.5 Å². The van der Waals surface area contributed by atoms with Crippen LogP contribution in [0.1, 0.15) is 11.9 Å². The first kappa shape index (κ1) is 13.0. The predicted molar refractivity (Wildman–Crippen MR) is 62.9 cm³/mol. The van der Waals surface area contributed by atoms with E-state index in [9.17, 15) is 10.2 Å². The Morgan fingerprint density at radius 3 is 2.47 bits per heavy atom. The number of ether oxygens (including phenoxy) is 3. The van der Waals surface area contributed by atoms with E-state index >= 15 is 0 Å². The van der Waals surface area contributed by atoms with E-state index in [-0.39, 0.29) is 0 Å². The molecule has 3 rings (SSSR count). The minimum Gasteiger partial charge on any atom is -0.394 e. The fourth-order valence-corrected chi connectivity index (χ4v) is 2.40. The highest BCUT2D eigenvalue weighted by Gasteiger charge is 2.53. The van der Waals surface area contributed by atoms with Crippen molar-refractivity contribution in [2.45, 2.75) is 37.0 Å². The first-order chi connectivity index (χ1) is 9.20. The molecule has 0 bridgehead atoms. The molecule has 2 saturated heterocycles. The SMILES string of the molecule is OC[C@H](O)[C@H]1O[C@@H]2O[C@@H](c3ccccc3)O[C@@H]2[C@H]1O. The number of hydrogen-bond acceptors (Lipinski definition) is 6. The van der Waals surface area contributed by atoms with Crippen molar-refractivity contribution in [3.05, 3.63) is 35.9 Å². The summed E-state index contributed by atoms with van der Waals surface area (Å²) in [5.74, 6) is 0. The average molecular weight is 268 g/mol. The highest BCUT2D eigenvalue weighted by molar-refractivity contribution is 5.17. The second-order valence-corrected chi connectivity index (χ2v) is 4.69. The lowest BCUT2D eigenvalue weighted by Crippen LogP contribution is -2.41. The molecule has 2 heterocycles. The van der Waals surface area contributed by atoms with Crippen LogP contribution in [0.15, 0.2) is 30.3 Å². The molecule has 0 aromatic heterocycles. The maximum Gasteiger partial charge on any atom is 0.190 e. The minimum absolute atomic E-state index is 0.483. The predicted octanol–water partition coefficient (Wildman–Crippen LogP) is -0.460. The van der Waals surface area contributed by atoms with Crippen molar-refractivity contribution in [1.82, 2.24) is 0 Å². The molecule has 0 unspecified atom stereocenters. The zero-order valence-corrected chi connectivity index (χ0v) is 10.1. The topological polar surface area (TPSA) is 88.4 Å². The molecular weight excluding hydrogens is 252 g/mol. The molecule has 6 heteroatoms. The summed E-state index contributed by atoms with van der Waals surface area (Å²) in [6, 6.07) is 9.34. The number of rotatable bonds is 3. The number of hydrogen-bond donors (Lipinski definition) is 3. The summed E-state index contributed by atoms with van der Waals surface area (Å²) in [7, 11) is 0. The van der Waals surface area contributed by atoms with E-state index in [1.165, 1.54) is 0 Å². The zero-order chi connectivity index (χ0) is 13.4. The van der Waals surface area contributed by atoms with E-state index in [4.69, 9.17) is 19.3 Å². The molecule has 6 nitrogen and oxygen atoms in total. The molecule has 1 aromatic carbocycles. The largest absolute Gasteiger partial charge is 0.394 e. The third-order valence-electron chi connectivity index (χ3n) is 3.41. The van der Waals surface area contributed by atoms with Crippen molar-refractivity contribution in [2.24, 2.45) is 0 Å². The van der Waals surface area contributed by atoms with E-state index < -0.39 is 43.6 Å². The van der Waals surface area contributed by atoms with E-state index in [1.807, 2.05) is 30.3 Å². The normalized spacial score (nSPS) is 39.2. The van der Waals surface area contributed by atoms with Crippen molar-refractivity contribution in [2.75, 3.05) is 6.61 Å². The minimum atomic E-state index is -1.15. The molecule has 6 atom stereocenters. The number of fused-ring (bicyclic) bond motifs is 1. The second kappa shape index (κ2) is 5.16. The molecule has 0 aliphatic carbocycles. The molecule has 0 amide bonds. The van der Waals surface area contributed by atoms with Gasteiger partial charge in [-0.25, -0.2) is 0 Å². The van der Waals surface area contributed by atoms with Crippen LogP contribution in [0.25, 0.3) is 0 Å². The monoisotopic (exact) mass is 268 g/mol. The maximum absolute atomic E-state index is 10.0. The Labute approximate surface area is 110 Å². The summed E-state index contributed by atoms with van der Waals surface area (Å²) < 4.78 is 16.6. The summed E-state index contributed by atoms with van der Waals surface area (Å²) >= 11 is 0. The zero-order valence-electron chi connectivity index (χ0n) is 10.1. The lowest BCUT2D eigenvalue weighted by Gasteiger charge is -2.22. The summed E-state index contributed by atoms with van der Waals surface area (Å²) in [5.41, 5.74) is 0.840. The van der Waals surface area contributed by atoms with Crippen molar-refractivity contribution in [3.8, 4) is 0 Å². The van der Waals surface area contributed by atoms with Crippen LogP contribution in [0.3, 0.4) is 0 Å². The van der Waals surface area contributed by atoms with Crippen molar-refractivity contribution in [1.29, 1.82) is 0 Å². The molecular formula is C13H16O6. The maximum atomic E-state index is 10.0. The molecule has 2 aliphatic heterocycles. The summed E-state index contributed by atoms with van der Waals surface area (Å²) in [4.78, 5) is 0. The van der Waals surface area contributed by atoms with Crippen LogP contribution in [0.4, 0.5) is 0 Å². The van der Waals surface area contributed by atoms with Gasteiger partial charge in [0.25, 0.3) is 0 Å². The van der Waals surface area contributed by atoms with Gasteiger partial charge >= 0.3 is 0 Å². The Balaban J connectivity index is 1.69. The van der Waals surface area contributed by atoms with Crippen LogP contribution in [-0.2, 0) is 14.2 Å². The van der Waals surface area contributed by atoms with Crippen LogP contribution < -0.4 is 0 Å². The first-order valence-corrected chi connectivity index (χ1v) is 6.19. The lowest BCUT2D eigenvalue weighted by atomic mass is 10.1. The Morgan fingerprint density at radius 1 is 1.11 bits per heavy atom. The highest BCUT2D eigenvalue weighted by atomic mass is 16.8. The molecule has 0 saturated carbocycles. The number of aliphatic hydroxyl groups is 3. The quantitative estimate of drug-likeness (QED) is 0.687. The van der Waals surface area contributed by atoms with Crippen LogP contribution in [0.5, 0.6) is 0 Å². The molecule has 19 heavy (non-hydrogen) atoms. The van der Waals surface area contributed by atoms with Gasteiger partial charge in [-0.05, 0) is 0 Å². The van der Waals surface area contributed by atoms with Crippen molar-refractivity contribution in [3.63, 3.8) is 0 Å². The van der Waals surface area contributed by atoms with Gasteiger partial charge in [-0.2, -0.15) is 0 Å².